The average Bonchev–Trinajstić information content (AvgIpc) is 2.91. The first-order valence-corrected chi connectivity index (χ1v) is 13.6. The lowest BCUT2D eigenvalue weighted by Crippen LogP contribution is -2.59. The maximum atomic E-state index is 13.6. The highest BCUT2D eigenvalue weighted by molar-refractivity contribution is 7.89. The van der Waals surface area contributed by atoms with Gasteiger partial charge in [0, 0.05) is 19.5 Å². The molecule has 2 aromatic carbocycles. The van der Waals surface area contributed by atoms with Gasteiger partial charge in [-0.15, -0.1) is 0 Å². The van der Waals surface area contributed by atoms with Crippen molar-refractivity contribution >= 4 is 21.9 Å². The van der Waals surface area contributed by atoms with Gasteiger partial charge in [0.15, 0.2) is 0 Å². The molecule has 0 aromatic heterocycles. The van der Waals surface area contributed by atoms with Crippen LogP contribution in [0, 0.1) is 0 Å². The number of hydrogen-bond acceptors (Lipinski definition) is 8. The van der Waals surface area contributed by atoms with Gasteiger partial charge in [-0.25, -0.2) is 13.2 Å². The minimum absolute atomic E-state index is 0.0365. The van der Waals surface area contributed by atoms with Crippen molar-refractivity contribution in [3.8, 4) is 5.75 Å². The summed E-state index contributed by atoms with van der Waals surface area (Å²) in [7, 11) is -2.68. The Kier molecular flexibility index (Phi) is 10.6. The van der Waals surface area contributed by atoms with Crippen molar-refractivity contribution in [2.45, 2.75) is 42.8 Å². The molecule has 1 aliphatic heterocycles. The third-order valence-electron chi connectivity index (χ3n) is 6.29. The summed E-state index contributed by atoms with van der Waals surface area (Å²) >= 11 is 0. The van der Waals surface area contributed by atoms with Crippen molar-refractivity contribution < 1.29 is 42.4 Å². The highest BCUT2D eigenvalue weighted by Crippen LogP contribution is 2.23. The molecule has 0 bridgehead atoms. The van der Waals surface area contributed by atoms with Gasteiger partial charge in [0.1, 0.15) is 18.3 Å². The molecule has 38 heavy (non-hydrogen) atoms. The van der Waals surface area contributed by atoms with Crippen LogP contribution in [0.2, 0.25) is 0 Å². The number of benzene rings is 2. The first-order chi connectivity index (χ1) is 18.1. The standard InChI is InChI=1S/C26H34N2O9S/c1-19(29)12-13-27(38(33,34)23-10-8-22(35-2)9-11-23)15-25(30)24(14-20-6-4-3-5-7-20)28(26(31)32)21-16-36-18-37-17-21/h3-11,21,24-25,30H,12-18H2,1-2H3,(H,31,32)/t24-,25+/m0/s1. The minimum atomic E-state index is -4.14. The summed E-state index contributed by atoms with van der Waals surface area (Å²) in [5.74, 6) is 0.245. The van der Waals surface area contributed by atoms with Gasteiger partial charge in [-0.3, -0.25) is 9.69 Å². The number of hydrogen-bond donors (Lipinski definition) is 2. The minimum Gasteiger partial charge on any atom is -0.497 e. The number of ketones is 1. The molecule has 1 heterocycles. The monoisotopic (exact) mass is 550 g/mol. The fourth-order valence-corrected chi connectivity index (χ4v) is 5.76. The van der Waals surface area contributed by atoms with Crippen LogP contribution in [-0.2, 0) is 30.7 Å². The van der Waals surface area contributed by atoms with E-state index in [-0.39, 0.29) is 50.1 Å². The molecule has 2 N–H and O–H groups in total. The maximum absolute atomic E-state index is 13.6. The van der Waals surface area contributed by atoms with Crippen LogP contribution in [-0.4, -0.2) is 98.1 Å². The molecule has 0 saturated carbocycles. The lowest BCUT2D eigenvalue weighted by Gasteiger charge is -2.40. The Bertz CT molecular complexity index is 1150. The number of carbonyl (C=O) groups is 2. The molecule has 0 aliphatic carbocycles. The molecule has 0 unspecified atom stereocenters. The zero-order chi connectivity index (χ0) is 27.7. The topological polar surface area (TPSA) is 143 Å². The van der Waals surface area contributed by atoms with Crippen molar-refractivity contribution in [2.24, 2.45) is 0 Å². The fraction of sp³-hybridized carbons (Fsp3) is 0.462. The molecule has 1 amide bonds. The first kappa shape index (κ1) is 29.5. The maximum Gasteiger partial charge on any atom is 0.408 e. The fourth-order valence-electron chi connectivity index (χ4n) is 4.30. The van der Waals surface area contributed by atoms with Gasteiger partial charge in [0.25, 0.3) is 0 Å². The molecule has 2 atom stereocenters. The molecule has 1 fully saturated rings. The molecular weight excluding hydrogens is 516 g/mol. The number of aliphatic hydroxyl groups excluding tert-OH is 1. The van der Waals surface area contributed by atoms with E-state index >= 15 is 0 Å². The molecule has 2 aromatic rings. The summed E-state index contributed by atoms with van der Waals surface area (Å²) in [6, 6.07) is 13.0. The highest BCUT2D eigenvalue weighted by Gasteiger charge is 2.39. The second kappa shape index (κ2) is 13.7. The number of sulfonamides is 1. The molecule has 3 rings (SSSR count). The summed E-state index contributed by atoms with van der Waals surface area (Å²) in [5, 5.41) is 21.6. The first-order valence-electron chi connectivity index (χ1n) is 12.2. The summed E-state index contributed by atoms with van der Waals surface area (Å²) in [4.78, 5) is 25.2. The highest BCUT2D eigenvalue weighted by atomic mass is 32.2. The molecule has 208 valence electrons. The predicted octanol–water partition coefficient (Wildman–Crippen LogP) is 1.99. The quantitative estimate of drug-likeness (QED) is 0.383. The zero-order valence-electron chi connectivity index (χ0n) is 21.4. The van der Waals surface area contributed by atoms with E-state index in [1.165, 1.54) is 38.3 Å². The molecular formula is C26H34N2O9S. The summed E-state index contributed by atoms with van der Waals surface area (Å²) in [5.41, 5.74) is 0.758. The number of carboxylic acid groups (broad SMARTS) is 1. The normalized spacial score (nSPS) is 16.1. The number of rotatable bonds is 13. The van der Waals surface area contributed by atoms with E-state index in [2.05, 4.69) is 0 Å². The Morgan fingerprint density at radius 1 is 1.08 bits per heavy atom. The molecule has 0 spiro atoms. The lowest BCUT2D eigenvalue weighted by atomic mass is 9.98. The number of aliphatic hydroxyl groups is 1. The molecule has 12 heteroatoms. The summed E-state index contributed by atoms with van der Waals surface area (Å²) < 4.78 is 43.9. The van der Waals surface area contributed by atoms with Crippen molar-refractivity contribution in [3.05, 3.63) is 60.2 Å². The number of methoxy groups -OCH3 is 1. The van der Waals surface area contributed by atoms with Crippen molar-refractivity contribution in [2.75, 3.05) is 40.2 Å². The van der Waals surface area contributed by atoms with Gasteiger partial charge in [-0.2, -0.15) is 4.31 Å². The van der Waals surface area contributed by atoms with Crippen LogP contribution in [0.5, 0.6) is 5.75 Å². The van der Waals surface area contributed by atoms with Gasteiger partial charge in [0.2, 0.25) is 10.0 Å². The van der Waals surface area contributed by atoms with E-state index in [9.17, 15) is 28.2 Å². The Morgan fingerprint density at radius 2 is 1.71 bits per heavy atom. The van der Waals surface area contributed by atoms with E-state index in [4.69, 9.17) is 14.2 Å². The number of amides is 1. The Balaban J connectivity index is 1.95. The van der Waals surface area contributed by atoms with E-state index in [0.717, 1.165) is 14.8 Å². The smallest absolute Gasteiger partial charge is 0.408 e. The number of ether oxygens (including phenoxy) is 3. The molecule has 0 radical (unpaired) electrons. The van der Waals surface area contributed by atoms with Crippen LogP contribution in [0.4, 0.5) is 4.79 Å². The van der Waals surface area contributed by atoms with Crippen LogP contribution in [0.3, 0.4) is 0 Å². The van der Waals surface area contributed by atoms with Gasteiger partial charge >= 0.3 is 6.09 Å². The molecule has 1 saturated heterocycles. The van der Waals surface area contributed by atoms with Gasteiger partial charge in [0.05, 0.1) is 43.4 Å². The third kappa shape index (κ3) is 7.74. The number of Topliss-reactive ketones (excluding diaryl/α,β-unsaturated/α-hetero) is 1. The Morgan fingerprint density at radius 3 is 2.26 bits per heavy atom. The van der Waals surface area contributed by atoms with Crippen molar-refractivity contribution in [1.29, 1.82) is 0 Å². The summed E-state index contributed by atoms with van der Waals surface area (Å²) in [6.07, 6.45) is -2.68. The predicted molar refractivity (Wildman–Crippen MR) is 137 cm³/mol. The lowest BCUT2D eigenvalue weighted by molar-refractivity contribution is -0.140. The van der Waals surface area contributed by atoms with Gasteiger partial charge < -0.3 is 24.4 Å². The SMILES string of the molecule is COc1ccc(S(=O)(=O)N(CCC(C)=O)C[C@@H](O)[C@H](Cc2ccccc2)N(C(=O)O)C2COCOC2)cc1. The summed E-state index contributed by atoms with van der Waals surface area (Å²) in [6.45, 7) is 0.917. The average molecular weight is 551 g/mol. The van der Waals surface area contributed by atoms with Crippen LogP contribution in [0.25, 0.3) is 0 Å². The van der Waals surface area contributed by atoms with Gasteiger partial charge in [-0.1, -0.05) is 30.3 Å². The largest absolute Gasteiger partial charge is 0.497 e. The molecule has 1 aliphatic rings. The van der Waals surface area contributed by atoms with E-state index in [0.29, 0.717) is 5.75 Å². The third-order valence-corrected chi connectivity index (χ3v) is 8.17. The number of carbonyl (C=O) groups excluding carboxylic acids is 1. The van der Waals surface area contributed by atoms with Crippen LogP contribution >= 0.6 is 0 Å². The van der Waals surface area contributed by atoms with Crippen molar-refractivity contribution in [3.63, 3.8) is 0 Å². The van der Waals surface area contributed by atoms with Crippen LogP contribution in [0.15, 0.2) is 59.5 Å². The number of nitrogens with zero attached hydrogens (tertiary/aromatic N) is 2. The second-order valence-electron chi connectivity index (χ2n) is 9.02. The van der Waals surface area contributed by atoms with Crippen LogP contribution in [0.1, 0.15) is 18.9 Å². The Labute approximate surface area is 222 Å². The van der Waals surface area contributed by atoms with E-state index in [1.807, 2.05) is 6.07 Å². The van der Waals surface area contributed by atoms with E-state index in [1.54, 1.807) is 24.3 Å². The van der Waals surface area contributed by atoms with Crippen molar-refractivity contribution in [1.82, 2.24) is 9.21 Å². The Hall–Kier alpha value is -3.03. The van der Waals surface area contributed by atoms with Crippen LogP contribution < -0.4 is 4.74 Å². The molecule has 11 nitrogen and oxygen atoms in total. The van der Waals surface area contributed by atoms with E-state index < -0.39 is 40.8 Å². The second-order valence-corrected chi connectivity index (χ2v) is 11.0. The zero-order valence-corrected chi connectivity index (χ0v) is 22.2. The van der Waals surface area contributed by atoms with Gasteiger partial charge in [-0.05, 0) is 43.2 Å².